The zero-order valence-electron chi connectivity index (χ0n) is 16.9. The lowest BCUT2D eigenvalue weighted by Gasteiger charge is -2.26. The molecule has 154 valence electrons. The quantitative estimate of drug-likeness (QED) is 0.359. The number of benzene rings is 3. The molecule has 0 amide bonds. The Morgan fingerprint density at radius 3 is 2.42 bits per heavy atom. The molecule has 1 aliphatic rings. The van der Waals surface area contributed by atoms with Gasteiger partial charge in [-0.1, -0.05) is 36.4 Å². The minimum atomic E-state index is 0.183. The number of nitrogens with zero attached hydrogens (tertiary/aromatic N) is 2. The van der Waals surface area contributed by atoms with Crippen molar-refractivity contribution in [3.05, 3.63) is 90.0 Å². The molecule has 0 saturated heterocycles. The standard InChI is InChI=1S/C25H22N4O2/c26-23-9-5-4-8-21(23)18-14-27-25-22(16-30)24(28-29(25)15-18)17-10-12-20(13-11-17)31-19-6-2-1-3-7-19/h1-13,16,18,27H,14-15,26H2. The van der Waals surface area contributed by atoms with E-state index < -0.39 is 0 Å². The van der Waals surface area contributed by atoms with Gasteiger partial charge in [0.2, 0.25) is 0 Å². The molecule has 1 unspecified atom stereocenters. The van der Waals surface area contributed by atoms with Crippen LogP contribution in [0, 0.1) is 0 Å². The third-order valence-corrected chi connectivity index (χ3v) is 5.56. The van der Waals surface area contributed by atoms with Gasteiger partial charge in [-0.25, -0.2) is 4.68 Å². The minimum absolute atomic E-state index is 0.183. The van der Waals surface area contributed by atoms with Crippen LogP contribution in [0.15, 0.2) is 78.9 Å². The Kier molecular flexibility index (Phi) is 4.88. The molecular formula is C25H22N4O2. The highest BCUT2D eigenvalue weighted by molar-refractivity contribution is 5.92. The molecule has 5 rings (SSSR count). The van der Waals surface area contributed by atoms with Gasteiger partial charge in [-0.2, -0.15) is 5.10 Å². The summed E-state index contributed by atoms with van der Waals surface area (Å²) in [6.07, 6.45) is 0.868. The van der Waals surface area contributed by atoms with Crippen LogP contribution < -0.4 is 15.8 Å². The van der Waals surface area contributed by atoms with E-state index >= 15 is 0 Å². The second kappa shape index (κ2) is 7.99. The number of nitrogens with two attached hydrogens (primary N) is 1. The molecule has 6 nitrogen and oxygen atoms in total. The molecule has 0 radical (unpaired) electrons. The number of carbonyl (C=O) groups excluding carboxylic acids is 1. The third-order valence-electron chi connectivity index (χ3n) is 5.56. The number of anilines is 2. The number of para-hydroxylation sites is 2. The topological polar surface area (TPSA) is 82.2 Å². The average Bonchev–Trinajstić information content (AvgIpc) is 3.18. The molecule has 0 fully saturated rings. The molecule has 3 N–H and O–H groups in total. The maximum Gasteiger partial charge on any atom is 0.156 e. The molecule has 0 saturated carbocycles. The van der Waals surface area contributed by atoms with Crippen molar-refractivity contribution in [2.45, 2.75) is 12.5 Å². The number of nitrogens with one attached hydrogen (secondary N) is 1. The van der Waals surface area contributed by atoms with E-state index in [-0.39, 0.29) is 5.92 Å². The molecular weight excluding hydrogens is 388 g/mol. The molecule has 6 heteroatoms. The van der Waals surface area contributed by atoms with Gasteiger partial charge in [-0.05, 0) is 48.0 Å². The Morgan fingerprint density at radius 1 is 0.968 bits per heavy atom. The van der Waals surface area contributed by atoms with E-state index in [1.807, 2.05) is 83.5 Å². The van der Waals surface area contributed by atoms with Crippen LogP contribution in [0.1, 0.15) is 21.8 Å². The molecule has 4 aromatic rings. The van der Waals surface area contributed by atoms with Gasteiger partial charge in [0.25, 0.3) is 0 Å². The lowest BCUT2D eigenvalue weighted by atomic mass is 9.96. The van der Waals surface area contributed by atoms with Gasteiger partial charge < -0.3 is 15.8 Å². The van der Waals surface area contributed by atoms with Crippen LogP contribution in [-0.4, -0.2) is 22.6 Å². The minimum Gasteiger partial charge on any atom is -0.457 e. The molecule has 0 aliphatic carbocycles. The van der Waals surface area contributed by atoms with Gasteiger partial charge in [-0.15, -0.1) is 0 Å². The van der Waals surface area contributed by atoms with Crippen LogP contribution in [0.3, 0.4) is 0 Å². The van der Waals surface area contributed by atoms with Crippen molar-refractivity contribution in [3.8, 4) is 22.8 Å². The van der Waals surface area contributed by atoms with Crippen molar-refractivity contribution in [2.24, 2.45) is 0 Å². The average molecular weight is 410 g/mol. The van der Waals surface area contributed by atoms with Gasteiger partial charge in [0.05, 0.1) is 12.1 Å². The number of carbonyl (C=O) groups is 1. The first-order valence-corrected chi connectivity index (χ1v) is 10.2. The van der Waals surface area contributed by atoms with Gasteiger partial charge in [-0.3, -0.25) is 4.79 Å². The monoisotopic (exact) mass is 410 g/mol. The van der Waals surface area contributed by atoms with E-state index in [4.69, 9.17) is 15.6 Å². The number of fused-ring (bicyclic) bond motifs is 1. The number of hydrogen-bond acceptors (Lipinski definition) is 5. The summed E-state index contributed by atoms with van der Waals surface area (Å²) in [7, 11) is 0. The fourth-order valence-corrected chi connectivity index (χ4v) is 4.01. The lowest BCUT2D eigenvalue weighted by molar-refractivity contribution is 0.112. The fourth-order valence-electron chi connectivity index (χ4n) is 4.01. The summed E-state index contributed by atoms with van der Waals surface area (Å²) in [6, 6.07) is 25.1. The number of aldehydes is 1. The van der Waals surface area contributed by atoms with E-state index in [0.717, 1.165) is 40.4 Å². The normalized spacial score (nSPS) is 15.0. The Morgan fingerprint density at radius 2 is 1.68 bits per heavy atom. The second-order valence-corrected chi connectivity index (χ2v) is 7.56. The SMILES string of the molecule is Nc1ccccc1C1CNc2c(C=O)c(-c3ccc(Oc4ccccc4)cc3)nn2C1. The fraction of sp³-hybridized carbons (Fsp3) is 0.120. The number of ether oxygens (including phenoxy) is 1. The molecule has 1 atom stereocenters. The third kappa shape index (κ3) is 3.64. The van der Waals surface area contributed by atoms with Gasteiger partial charge >= 0.3 is 0 Å². The first-order valence-electron chi connectivity index (χ1n) is 10.2. The van der Waals surface area contributed by atoms with Crippen LogP contribution in [0.5, 0.6) is 11.5 Å². The van der Waals surface area contributed by atoms with Crippen molar-refractivity contribution in [2.75, 3.05) is 17.6 Å². The maximum absolute atomic E-state index is 11.9. The van der Waals surface area contributed by atoms with Crippen LogP contribution in [0.4, 0.5) is 11.5 Å². The van der Waals surface area contributed by atoms with Crippen LogP contribution in [0.2, 0.25) is 0 Å². The van der Waals surface area contributed by atoms with E-state index in [2.05, 4.69) is 5.32 Å². The predicted octanol–water partition coefficient (Wildman–Crippen LogP) is 4.95. The molecule has 3 aromatic carbocycles. The number of aromatic nitrogens is 2. The molecule has 1 aromatic heterocycles. The first kappa shape index (κ1) is 18.9. The largest absolute Gasteiger partial charge is 0.457 e. The Bertz CT molecular complexity index is 1220. The molecule has 1 aliphatic heterocycles. The summed E-state index contributed by atoms with van der Waals surface area (Å²) in [4.78, 5) is 11.9. The van der Waals surface area contributed by atoms with E-state index in [1.165, 1.54) is 0 Å². The van der Waals surface area contributed by atoms with E-state index in [1.54, 1.807) is 0 Å². The molecule has 0 bridgehead atoms. The van der Waals surface area contributed by atoms with Crippen LogP contribution >= 0.6 is 0 Å². The molecule has 2 heterocycles. The first-order chi connectivity index (χ1) is 15.2. The highest BCUT2D eigenvalue weighted by Crippen LogP contribution is 2.35. The summed E-state index contributed by atoms with van der Waals surface area (Å²) in [6.45, 7) is 1.36. The highest BCUT2D eigenvalue weighted by atomic mass is 16.5. The van der Waals surface area contributed by atoms with Crippen molar-refractivity contribution in [1.82, 2.24) is 9.78 Å². The van der Waals surface area contributed by atoms with Crippen molar-refractivity contribution in [1.29, 1.82) is 0 Å². The number of rotatable bonds is 5. The van der Waals surface area contributed by atoms with Crippen LogP contribution in [0.25, 0.3) is 11.3 Å². The highest BCUT2D eigenvalue weighted by Gasteiger charge is 2.27. The smallest absolute Gasteiger partial charge is 0.156 e. The maximum atomic E-state index is 11.9. The Balaban J connectivity index is 1.42. The Hall–Kier alpha value is -4.06. The summed E-state index contributed by atoms with van der Waals surface area (Å²) < 4.78 is 7.73. The summed E-state index contributed by atoms with van der Waals surface area (Å²) >= 11 is 0. The van der Waals surface area contributed by atoms with Crippen LogP contribution in [-0.2, 0) is 6.54 Å². The second-order valence-electron chi connectivity index (χ2n) is 7.56. The molecule has 31 heavy (non-hydrogen) atoms. The van der Waals surface area contributed by atoms with Crippen molar-refractivity contribution >= 4 is 17.8 Å². The van der Waals surface area contributed by atoms with Gasteiger partial charge in [0, 0.05) is 23.7 Å². The zero-order valence-corrected chi connectivity index (χ0v) is 16.9. The predicted molar refractivity (Wildman–Crippen MR) is 122 cm³/mol. The zero-order chi connectivity index (χ0) is 21.2. The summed E-state index contributed by atoms with van der Waals surface area (Å²) in [5.41, 5.74) is 10.1. The summed E-state index contributed by atoms with van der Waals surface area (Å²) in [5, 5.41) is 8.13. The van der Waals surface area contributed by atoms with Gasteiger partial charge in [0.1, 0.15) is 23.0 Å². The Labute approximate surface area is 180 Å². The van der Waals surface area contributed by atoms with Crippen molar-refractivity contribution in [3.63, 3.8) is 0 Å². The summed E-state index contributed by atoms with van der Waals surface area (Å²) in [5.74, 6) is 2.43. The van der Waals surface area contributed by atoms with Gasteiger partial charge in [0.15, 0.2) is 6.29 Å². The lowest BCUT2D eigenvalue weighted by Crippen LogP contribution is -2.27. The number of nitrogen functional groups attached to an aromatic ring is 1. The van der Waals surface area contributed by atoms with Crippen molar-refractivity contribution < 1.29 is 9.53 Å². The van der Waals surface area contributed by atoms with E-state index in [0.29, 0.717) is 24.3 Å². The number of hydrogen-bond donors (Lipinski definition) is 2. The molecule has 0 spiro atoms. The van der Waals surface area contributed by atoms with E-state index in [9.17, 15) is 4.79 Å².